The van der Waals surface area contributed by atoms with Gasteiger partial charge in [0.2, 0.25) is 0 Å². The molecule has 1 unspecified atom stereocenters. The lowest BCUT2D eigenvalue weighted by atomic mass is 10.2. The van der Waals surface area contributed by atoms with Crippen LogP contribution in [0.4, 0.5) is 0 Å². The van der Waals surface area contributed by atoms with Gasteiger partial charge in [-0.1, -0.05) is 6.07 Å². The molecule has 5 nitrogen and oxygen atoms in total. The smallest absolute Gasteiger partial charge is 0.258 e. The lowest BCUT2D eigenvalue weighted by Crippen LogP contribution is -2.31. The summed E-state index contributed by atoms with van der Waals surface area (Å²) in [4.78, 5) is 18.8. The van der Waals surface area contributed by atoms with Crippen LogP contribution >= 0.6 is 0 Å². The molecule has 1 aliphatic rings. The lowest BCUT2D eigenvalue weighted by Gasteiger charge is -2.20. The zero-order valence-corrected chi connectivity index (χ0v) is 12.5. The Balaban J connectivity index is 1.79. The van der Waals surface area contributed by atoms with E-state index in [-0.39, 0.29) is 11.7 Å². The van der Waals surface area contributed by atoms with E-state index in [0.29, 0.717) is 24.7 Å². The third-order valence-electron chi connectivity index (χ3n) is 4.03. The summed E-state index contributed by atoms with van der Waals surface area (Å²) < 4.78 is 1.61. The molecule has 2 aromatic heterocycles. The van der Waals surface area contributed by atoms with Gasteiger partial charge >= 0.3 is 0 Å². The van der Waals surface area contributed by atoms with Crippen molar-refractivity contribution in [3.05, 3.63) is 46.0 Å². The topological polar surface area (TPSA) is 57.8 Å². The van der Waals surface area contributed by atoms with Gasteiger partial charge in [-0.25, -0.2) is 4.98 Å². The van der Waals surface area contributed by atoms with Gasteiger partial charge in [0.05, 0.1) is 11.8 Å². The van der Waals surface area contributed by atoms with Gasteiger partial charge in [-0.3, -0.25) is 14.1 Å². The predicted molar refractivity (Wildman–Crippen MR) is 81.3 cm³/mol. The number of aromatic nitrogens is 2. The number of aliphatic hydroxyl groups excluding tert-OH is 1. The van der Waals surface area contributed by atoms with Gasteiger partial charge in [0, 0.05) is 24.8 Å². The highest BCUT2D eigenvalue weighted by Gasteiger charge is 2.30. The SMILES string of the molecule is Cc1cccc2nc(CN(C)CC(O)C3CC3)cc(=O)n12. The second-order valence-corrected chi connectivity index (χ2v) is 6.05. The average Bonchev–Trinajstić information content (AvgIpc) is 3.22. The molecular weight excluding hydrogens is 266 g/mol. The van der Waals surface area contributed by atoms with Gasteiger partial charge in [-0.2, -0.15) is 0 Å². The van der Waals surface area contributed by atoms with Crippen molar-refractivity contribution in [2.75, 3.05) is 13.6 Å². The van der Waals surface area contributed by atoms with Crippen LogP contribution in [0.1, 0.15) is 24.2 Å². The van der Waals surface area contributed by atoms with Crippen LogP contribution in [0.3, 0.4) is 0 Å². The Morgan fingerprint density at radius 3 is 2.95 bits per heavy atom. The molecule has 1 aliphatic carbocycles. The largest absolute Gasteiger partial charge is 0.392 e. The minimum Gasteiger partial charge on any atom is -0.392 e. The van der Waals surface area contributed by atoms with E-state index in [0.717, 1.165) is 24.2 Å². The first-order valence-electron chi connectivity index (χ1n) is 7.39. The molecule has 1 N–H and O–H groups in total. The van der Waals surface area contributed by atoms with Crippen molar-refractivity contribution in [2.24, 2.45) is 5.92 Å². The third-order valence-corrected chi connectivity index (χ3v) is 4.03. The monoisotopic (exact) mass is 287 g/mol. The zero-order valence-electron chi connectivity index (χ0n) is 12.5. The highest BCUT2D eigenvalue weighted by molar-refractivity contribution is 5.40. The summed E-state index contributed by atoms with van der Waals surface area (Å²) in [7, 11) is 1.95. The van der Waals surface area contributed by atoms with E-state index in [9.17, 15) is 9.90 Å². The molecule has 0 bridgehead atoms. The Bertz CT molecular complexity index is 706. The average molecular weight is 287 g/mol. The fourth-order valence-corrected chi connectivity index (χ4v) is 2.74. The number of pyridine rings is 1. The molecule has 0 aromatic carbocycles. The number of aryl methyl sites for hydroxylation is 1. The fraction of sp³-hybridized carbons (Fsp3) is 0.500. The highest BCUT2D eigenvalue weighted by Crippen LogP contribution is 2.32. The summed E-state index contributed by atoms with van der Waals surface area (Å²) in [5.74, 6) is 0.463. The van der Waals surface area contributed by atoms with Gasteiger partial charge in [-0.05, 0) is 44.9 Å². The number of fused-ring (bicyclic) bond motifs is 1. The maximum Gasteiger partial charge on any atom is 0.258 e. The Labute approximate surface area is 123 Å². The van der Waals surface area contributed by atoms with Crippen molar-refractivity contribution in [1.29, 1.82) is 0 Å². The Morgan fingerprint density at radius 2 is 2.24 bits per heavy atom. The lowest BCUT2D eigenvalue weighted by molar-refractivity contribution is 0.104. The molecule has 5 heteroatoms. The molecular formula is C16H21N3O2. The minimum absolute atomic E-state index is 0.0516. The molecule has 112 valence electrons. The molecule has 0 amide bonds. The van der Waals surface area contributed by atoms with Crippen molar-refractivity contribution < 1.29 is 5.11 Å². The van der Waals surface area contributed by atoms with Crippen LogP contribution in [0.2, 0.25) is 0 Å². The van der Waals surface area contributed by atoms with Crippen molar-refractivity contribution >= 4 is 5.65 Å². The molecule has 0 saturated heterocycles. The van der Waals surface area contributed by atoms with E-state index in [2.05, 4.69) is 4.98 Å². The van der Waals surface area contributed by atoms with E-state index in [1.54, 1.807) is 10.5 Å². The second-order valence-electron chi connectivity index (χ2n) is 6.05. The molecule has 3 rings (SSSR count). The van der Waals surface area contributed by atoms with Crippen LogP contribution in [0.5, 0.6) is 0 Å². The quantitative estimate of drug-likeness (QED) is 0.898. The number of aliphatic hydroxyl groups is 1. The van der Waals surface area contributed by atoms with Crippen molar-refractivity contribution in [3.63, 3.8) is 0 Å². The van der Waals surface area contributed by atoms with E-state index in [4.69, 9.17) is 0 Å². The van der Waals surface area contributed by atoms with E-state index >= 15 is 0 Å². The Hall–Kier alpha value is -1.72. The Kier molecular flexibility index (Phi) is 3.78. The molecule has 1 fully saturated rings. The van der Waals surface area contributed by atoms with Gasteiger partial charge in [-0.15, -0.1) is 0 Å². The van der Waals surface area contributed by atoms with Gasteiger partial charge in [0.15, 0.2) is 0 Å². The maximum atomic E-state index is 12.2. The summed E-state index contributed by atoms with van der Waals surface area (Å²) in [6, 6.07) is 7.23. The summed E-state index contributed by atoms with van der Waals surface area (Å²) in [6.07, 6.45) is 1.99. The standard InChI is InChI=1S/C16H21N3O2/c1-11-4-3-5-15-17-13(8-16(21)19(11)15)9-18(2)10-14(20)12-6-7-12/h3-5,8,12,14,20H,6-7,9-10H2,1-2H3. The van der Waals surface area contributed by atoms with Crippen LogP contribution < -0.4 is 5.56 Å². The first-order valence-corrected chi connectivity index (χ1v) is 7.39. The van der Waals surface area contributed by atoms with Gasteiger partial charge < -0.3 is 5.11 Å². The predicted octanol–water partition coefficient (Wildman–Crippen LogP) is 1.21. The Morgan fingerprint density at radius 1 is 1.48 bits per heavy atom. The fourth-order valence-electron chi connectivity index (χ4n) is 2.74. The van der Waals surface area contributed by atoms with Gasteiger partial charge in [0.1, 0.15) is 5.65 Å². The van der Waals surface area contributed by atoms with Crippen molar-refractivity contribution in [1.82, 2.24) is 14.3 Å². The number of hydrogen-bond donors (Lipinski definition) is 1. The first-order chi connectivity index (χ1) is 10.0. The van der Waals surface area contributed by atoms with E-state index in [1.165, 1.54) is 0 Å². The minimum atomic E-state index is -0.265. The van der Waals surface area contributed by atoms with Crippen LogP contribution in [-0.2, 0) is 6.54 Å². The third kappa shape index (κ3) is 3.14. The number of nitrogens with zero attached hydrogens (tertiary/aromatic N) is 3. The molecule has 0 radical (unpaired) electrons. The highest BCUT2D eigenvalue weighted by atomic mass is 16.3. The van der Waals surface area contributed by atoms with Crippen LogP contribution in [0.15, 0.2) is 29.1 Å². The van der Waals surface area contributed by atoms with Crippen molar-refractivity contribution in [3.8, 4) is 0 Å². The van der Waals surface area contributed by atoms with Crippen LogP contribution in [0.25, 0.3) is 5.65 Å². The second kappa shape index (κ2) is 5.58. The maximum absolute atomic E-state index is 12.2. The zero-order chi connectivity index (χ0) is 15.0. The molecule has 1 atom stereocenters. The van der Waals surface area contributed by atoms with E-state index in [1.807, 2.05) is 37.1 Å². The summed E-state index contributed by atoms with van der Waals surface area (Å²) in [6.45, 7) is 3.09. The number of hydrogen-bond acceptors (Lipinski definition) is 4. The summed E-state index contributed by atoms with van der Waals surface area (Å²) >= 11 is 0. The van der Waals surface area contributed by atoms with Crippen LogP contribution in [0, 0.1) is 12.8 Å². The normalized spacial score (nSPS) is 16.6. The molecule has 2 aromatic rings. The first kappa shape index (κ1) is 14.2. The van der Waals surface area contributed by atoms with Gasteiger partial charge in [0.25, 0.3) is 5.56 Å². The van der Waals surface area contributed by atoms with Crippen LogP contribution in [-0.4, -0.2) is 39.1 Å². The molecule has 2 heterocycles. The molecule has 1 saturated carbocycles. The molecule has 0 aliphatic heterocycles. The number of likely N-dealkylation sites (N-methyl/N-ethyl adjacent to an activating group) is 1. The summed E-state index contributed by atoms with van der Waals surface area (Å²) in [5, 5.41) is 9.97. The molecule has 21 heavy (non-hydrogen) atoms. The molecule has 0 spiro atoms. The van der Waals surface area contributed by atoms with Crippen molar-refractivity contribution in [2.45, 2.75) is 32.4 Å². The van der Waals surface area contributed by atoms with E-state index < -0.39 is 0 Å². The summed E-state index contributed by atoms with van der Waals surface area (Å²) in [5.41, 5.74) is 2.25. The number of rotatable bonds is 5.